The first-order valence-electron chi connectivity index (χ1n) is 6.18. The van der Waals surface area contributed by atoms with Crippen molar-refractivity contribution >= 4 is 11.5 Å². The molecule has 94 valence electrons. The van der Waals surface area contributed by atoms with Crippen molar-refractivity contribution in [3.05, 3.63) is 12.3 Å². The van der Waals surface area contributed by atoms with Crippen LogP contribution in [0, 0.1) is 5.92 Å². The fourth-order valence-electron chi connectivity index (χ4n) is 1.80. The Kier molecular flexibility index (Phi) is 3.78. The van der Waals surface area contributed by atoms with Gasteiger partial charge in [0.15, 0.2) is 5.82 Å². The molecule has 0 bridgehead atoms. The summed E-state index contributed by atoms with van der Waals surface area (Å²) in [6.45, 7) is 7.38. The van der Waals surface area contributed by atoms with Gasteiger partial charge < -0.3 is 15.5 Å². The van der Waals surface area contributed by atoms with E-state index in [-0.39, 0.29) is 0 Å². The Bertz CT molecular complexity index is 360. The number of anilines is 2. The molecule has 17 heavy (non-hydrogen) atoms. The predicted molar refractivity (Wildman–Crippen MR) is 70.4 cm³/mol. The summed E-state index contributed by atoms with van der Waals surface area (Å²) < 4.78 is 0. The lowest BCUT2D eigenvalue weighted by Gasteiger charge is -2.40. The topological polar surface area (TPSA) is 53.1 Å². The van der Waals surface area contributed by atoms with E-state index in [9.17, 15) is 0 Å². The Hall–Kier alpha value is -1.36. The van der Waals surface area contributed by atoms with Crippen LogP contribution in [-0.4, -0.2) is 42.9 Å². The van der Waals surface area contributed by atoms with E-state index in [0.29, 0.717) is 12.0 Å². The average Bonchev–Trinajstić information content (AvgIpc) is 2.26. The number of nitrogens with zero attached hydrogens (tertiary/aromatic N) is 3. The van der Waals surface area contributed by atoms with E-state index >= 15 is 0 Å². The molecule has 5 nitrogen and oxygen atoms in total. The Labute approximate surface area is 103 Å². The molecule has 0 radical (unpaired) electrons. The van der Waals surface area contributed by atoms with Gasteiger partial charge in [-0.25, -0.2) is 0 Å². The molecule has 2 N–H and O–H groups in total. The summed E-state index contributed by atoms with van der Waals surface area (Å²) in [7, 11) is 2.00. The molecule has 1 fully saturated rings. The second kappa shape index (κ2) is 5.31. The molecule has 0 saturated carbocycles. The van der Waals surface area contributed by atoms with Crippen molar-refractivity contribution in [3.63, 3.8) is 0 Å². The van der Waals surface area contributed by atoms with E-state index in [4.69, 9.17) is 0 Å². The van der Waals surface area contributed by atoms with Crippen LogP contribution in [0.25, 0.3) is 0 Å². The van der Waals surface area contributed by atoms with Gasteiger partial charge in [-0.05, 0) is 13.0 Å². The van der Waals surface area contributed by atoms with E-state index in [1.165, 1.54) is 0 Å². The van der Waals surface area contributed by atoms with Crippen LogP contribution in [0.3, 0.4) is 0 Å². The predicted octanol–water partition coefficient (Wildman–Crippen LogP) is 0.952. The molecule has 5 heteroatoms. The molecular formula is C12H21N5. The molecule has 1 aromatic heterocycles. The first kappa shape index (κ1) is 12.1. The first-order valence-corrected chi connectivity index (χ1v) is 6.18. The first-order chi connectivity index (χ1) is 8.19. The zero-order valence-electron chi connectivity index (χ0n) is 10.8. The maximum atomic E-state index is 4.09. The van der Waals surface area contributed by atoms with Crippen LogP contribution >= 0.6 is 0 Å². The molecule has 1 aliphatic rings. The van der Waals surface area contributed by atoms with Crippen LogP contribution in [0.15, 0.2) is 12.3 Å². The van der Waals surface area contributed by atoms with Gasteiger partial charge in [-0.2, -0.15) is 5.10 Å². The largest absolute Gasteiger partial charge is 0.368 e. The highest BCUT2D eigenvalue weighted by Gasteiger charge is 2.25. The molecule has 1 saturated heterocycles. The Balaban J connectivity index is 1.93. The third-order valence-electron chi connectivity index (χ3n) is 2.99. The number of rotatable bonds is 5. The van der Waals surface area contributed by atoms with E-state index in [2.05, 4.69) is 45.6 Å². The van der Waals surface area contributed by atoms with Gasteiger partial charge in [0.05, 0.1) is 11.9 Å². The van der Waals surface area contributed by atoms with Gasteiger partial charge in [0.25, 0.3) is 0 Å². The maximum absolute atomic E-state index is 4.09. The standard InChI is InChI=1S/C12H21N5/c1-9(2)5-14-12-4-11(6-15-16-12)17-7-10(8-17)13-3/h4,6,9-10,13H,5,7-8H2,1-3H3,(H,14,16). The highest BCUT2D eigenvalue weighted by molar-refractivity contribution is 5.54. The summed E-state index contributed by atoms with van der Waals surface area (Å²) in [5.41, 5.74) is 1.15. The second-order valence-corrected chi connectivity index (χ2v) is 4.96. The van der Waals surface area contributed by atoms with Gasteiger partial charge in [-0.15, -0.1) is 5.10 Å². The lowest BCUT2D eigenvalue weighted by atomic mass is 10.1. The van der Waals surface area contributed by atoms with Gasteiger partial charge >= 0.3 is 0 Å². The van der Waals surface area contributed by atoms with Crippen molar-refractivity contribution in [2.45, 2.75) is 19.9 Å². The van der Waals surface area contributed by atoms with Crippen LogP contribution in [-0.2, 0) is 0 Å². The van der Waals surface area contributed by atoms with Gasteiger partial charge in [0.1, 0.15) is 0 Å². The fourth-order valence-corrected chi connectivity index (χ4v) is 1.80. The van der Waals surface area contributed by atoms with Crippen molar-refractivity contribution in [2.75, 3.05) is 36.9 Å². The molecular weight excluding hydrogens is 214 g/mol. The molecule has 0 atom stereocenters. The highest BCUT2D eigenvalue weighted by atomic mass is 15.3. The number of hydrogen-bond acceptors (Lipinski definition) is 5. The molecule has 0 spiro atoms. The molecule has 0 aliphatic carbocycles. The van der Waals surface area contributed by atoms with Crippen molar-refractivity contribution < 1.29 is 0 Å². The SMILES string of the molecule is CNC1CN(c2cnnc(NCC(C)C)c2)C1. The van der Waals surface area contributed by atoms with Gasteiger partial charge in [0, 0.05) is 31.7 Å². The zero-order chi connectivity index (χ0) is 12.3. The molecule has 2 rings (SSSR count). The van der Waals surface area contributed by atoms with Crippen LogP contribution < -0.4 is 15.5 Å². The molecule has 1 aromatic rings. The minimum Gasteiger partial charge on any atom is -0.368 e. The molecule has 0 aromatic carbocycles. The lowest BCUT2D eigenvalue weighted by molar-refractivity contribution is 0.450. The Morgan fingerprint density at radius 2 is 2.24 bits per heavy atom. The van der Waals surface area contributed by atoms with Gasteiger partial charge in [0.2, 0.25) is 0 Å². The summed E-state index contributed by atoms with van der Waals surface area (Å²) >= 11 is 0. The summed E-state index contributed by atoms with van der Waals surface area (Å²) in [6, 6.07) is 2.68. The van der Waals surface area contributed by atoms with Crippen LogP contribution in [0.5, 0.6) is 0 Å². The summed E-state index contributed by atoms with van der Waals surface area (Å²) in [5.74, 6) is 1.47. The normalized spacial score (nSPS) is 16.1. The molecule has 1 aliphatic heterocycles. The number of nitrogens with one attached hydrogen (secondary N) is 2. The minimum absolute atomic E-state index is 0.607. The summed E-state index contributed by atoms with van der Waals surface area (Å²) in [6.07, 6.45) is 1.83. The third kappa shape index (κ3) is 3.06. The molecule has 0 unspecified atom stereocenters. The Morgan fingerprint density at radius 3 is 2.88 bits per heavy atom. The summed E-state index contributed by atoms with van der Waals surface area (Å²) in [4.78, 5) is 2.30. The zero-order valence-corrected chi connectivity index (χ0v) is 10.8. The van der Waals surface area contributed by atoms with E-state index in [0.717, 1.165) is 31.1 Å². The number of likely N-dealkylation sites (N-methyl/N-ethyl adjacent to an activating group) is 1. The highest BCUT2D eigenvalue weighted by Crippen LogP contribution is 2.21. The van der Waals surface area contributed by atoms with E-state index < -0.39 is 0 Å². The summed E-state index contributed by atoms with van der Waals surface area (Å²) in [5, 5.41) is 14.7. The quantitative estimate of drug-likeness (QED) is 0.796. The second-order valence-electron chi connectivity index (χ2n) is 4.96. The van der Waals surface area contributed by atoms with Gasteiger partial charge in [-0.1, -0.05) is 13.8 Å². The number of hydrogen-bond donors (Lipinski definition) is 2. The van der Waals surface area contributed by atoms with Crippen molar-refractivity contribution in [2.24, 2.45) is 5.92 Å². The monoisotopic (exact) mass is 235 g/mol. The molecule has 0 amide bonds. The fraction of sp³-hybridized carbons (Fsp3) is 0.667. The smallest absolute Gasteiger partial charge is 0.150 e. The number of aromatic nitrogens is 2. The van der Waals surface area contributed by atoms with Crippen LogP contribution in [0.4, 0.5) is 11.5 Å². The van der Waals surface area contributed by atoms with Gasteiger partial charge in [-0.3, -0.25) is 0 Å². The van der Waals surface area contributed by atoms with E-state index in [1.807, 2.05) is 13.2 Å². The van der Waals surface area contributed by atoms with Crippen molar-refractivity contribution in [1.82, 2.24) is 15.5 Å². The maximum Gasteiger partial charge on any atom is 0.150 e. The van der Waals surface area contributed by atoms with Crippen LogP contribution in [0.2, 0.25) is 0 Å². The third-order valence-corrected chi connectivity index (χ3v) is 2.99. The Morgan fingerprint density at radius 1 is 1.47 bits per heavy atom. The van der Waals surface area contributed by atoms with Crippen molar-refractivity contribution in [3.8, 4) is 0 Å². The average molecular weight is 235 g/mol. The van der Waals surface area contributed by atoms with E-state index in [1.54, 1.807) is 0 Å². The van der Waals surface area contributed by atoms with Crippen molar-refractivity contribution in [1.29, 1.82) is 0 Å². The minimum atomic E-state index is 0.607. The lowest BCUT2D eigenvalue weighted by Crippen LogP contribution is -2.57. The van der Waals surface area contributed by atoms with Crippen LogP contribution in [0.1, 0.15) is 13.8 Å². The molecule has 2 heterocycles.